The van der Waals surface area contributed by atoms with Gasteiger partial charge in [0.05, 0.1) is 12.2 Å². The Morgan fingerprint density at radius 1 is 1.16 bits per heavy atom. The van der Waals surface area contributed by atoms with Gasteiger partial charge < -0.3 is 13.9 Å². The molecule has 1 fully saturated rings. The maximum Gasteiger partial charge on any atom is 0.336 e. The summed E-state index contributed by atoms with van der Waals surface area (Å²) in [6.07, 6.45) is 1.51. The van der Waals surface area contributed by atoms with Gasteiger partial charge in [0.1, 0.15) is 17.4 Å². The molecule has 7 heteroatoms. The molecule has 3 aromatic rings. The van der Waals surface area contributed by atoms with Crippen LogP contribution in [0.1, 0.15) is 18.1 Å². The summed E-state index contributed by atoms with van der Waals surface area (Å²) in [4.78, 5) is 36.9. The number of carboxylic acids is 1. The second-order valence-electron chi connectivity index (χ2n) is 5.85. The van der Waals surface area contributed by atoms with Gasteiger partial charge in [0, 0.05) is 23.6 Å². The molecule has 7 nitrogen and oxygen atoms in total. The molecule has 4 rings (SSSR count). The van der Waals surface area contributed by atoms with Gasteiger partial charge in [-0.25, -0.2) is 9.59 Å². The van der Waals surface area contributed by atoms with Crippen LogP contribution in [0.15, 0.2) is 62.4 Å². The number of fused-ring (bicyclic) bond motifs is 1. The van der Waals surface area contributed by atoms with E-state index in [0.29, 0.717) is 22.4 Å². The van der Waals surface area contributed by atoms with E-state index in [-0.39, 0.29) is 12.3 Å². The quantitative estimate of drug-likeness (QED) is 0.735. The zero-order valence-electron chi connectivity index (χ0n) is 12.9. The molecule has 1 aliphatic heterocycles. The smallest absolute Gasteiger partial charge is 0.336 e. The molecule has 0 unspecified atom stereocenters. The first-order valence-corrected chi connectivity index (χ1v) is 7.67. The number of hydrogen-bond donors (Lipinski definition) is 1. The highest BCUT2D eigenvalue weighted by Gasteiger charge is 2.47. The fourth-order valence-corrected chi connectivity index (χ4v) is 3.29. The van der Waals surface area contributed by atoms with Crippen LogP contribution < -0.4 is 10.5 Å². The molecule has 0 bridgehead atoms. The first-order valence-electron chi connectivity index (χ1n) is 7.67. The molecule has 0 spiro atoms. The van der Waals surface area contributed by atoms with Crippen molar-refractivity contribution in [2.24, 2.45) is 0 Å². The summed E-state index contributed by atoms with van der Waals surface area (Å²) >= 11 is 0. The van der Waals surface area contributed by atoms with Gasteiger partial charge in [-0.15, -0.1) is 0 Å². The van der Waals surface area contributed by atoms with Crippen molar-refractivity contribution >= 4 is 28.5 Å². The molecular formula is C18H13NO6. The van der Waals surface area contributed by atoms with Crippen LogP contribution in [0, 0.1) is 0 Å². The molecule has 1 amide bonds. The first-order chi connectivity index (χ1) is 12.0. The Morgan fingerprint density at radius 2 is 2.00 bits per heavy atom. The zero-order chi connectivity index (χ0) is 17.6. The van der Waals surface area contributed by atoms with Crippen LogP contribution in [0.4, 0.5) is 5.69 Å². The molecule has 1 aromatic carbocycles. The summed E-state index contributed by atoms with van der Waals surface area (Å²) in [5.74, 6) is -1.50. The van der Waals surface area contributed by atoms with Crippen LogP contribution >= 0.6 is 0 Å². The van der Waals surface area contributed by atoms with E-state index in [1.807, 2.05) is 0 Å². The number of hydrogen-bond acceptors (Lipinski definition) is 5. The Morgan fingerprint density at radius 3 is 2.72 bits per heavy atom. The average molecular weight is 339 g/mol. The van der Waals surface area contributed by atoms with Crippen molar-refractivity contribution in [1.82, 2.24) is 0 Å². The van der Waals surface area contributed by atoms with Crippen LogP contribution in [-0.4, -0.2) is 23.0 Å². The van der Waals surface area contributed by atoms with Crippen LogP contribution in [0.5, 0.6) is 0 Å². The van der Waals surface area contributed by atoms with Crippen LogP contribution in [0.2, 0.25) is 0 Å². The lowest BCUT2D eigenvalue weighted by atomic mass is 9.97. The maximum atomic E-state index is 12.5. The number of aliphatic carboxylic acids is 1. The fraction of sp³-hybridized carbons (Fsp3) is 0.167. The van der Waals surface area contributed by atoms with E-state index in [1.165, 1.54) is 17.2 Å². The van der Waals surface area contributed by atoms with E-state index in [0.717, 1.165) is 0 Å². The largest absolute Gasteiger partial charge is 0.480 e. The summed E-state index contributed by atoms with van der Waals surface area (Å²) in [5, 5.41) is 10.3. The molecule has 3 heterocycles. The van der Waals surface area contributed by atoms with Gasteiger partial charge in [-0.2, -0.15) is 0 Å². The second kappa shape index (κ2) is 5.62. The molecular weight excluding hydrogens is 326 g/mol. The summed E-state index contributed by atoms with van der Waals surface area (Å²) in [6, 6.07) is 9.89. The minimum absolute atomic E-state index is 0.0480. The lowest BCUT2D eigenvalue weighted by Crippen LogP contribution is -2.40. The topological polar surface area (TPSA) is 101 Å². The van der Waals surface area contributed by atoms with Gasteiger partial charge in [0.2, 0.25) is 5.91 Å². The average Bonchev–Trinajstić information content (AvgIpc) is 3.21. The molecule has 1 saturated heterocycles. The number of carbonyl (C=O) groups excluding carboxylic acids is 1. The molecule has 1 aliphatic rings. The molecule has 25 heavy (non-hydrogen) atoms. The SMILES string of the molecule is O=C(O)[C@H]1[C@H](c2ccco2)CC(=O)N1c1ccc2oc(=O)ccc2c1. The number of rotatable bonds is 3. The third-order valence-corrected chi connectivity index (χ3v) is 4.37. The minimum atomic E-state index is -1.10. The molecule has 0 saturated carbocycles. The van der Waals surface area contributed by atoms with E-state index in [9.17, 15) is 19.5 Å². The monoisotopic (exact) mass is 339 g/mol. The van der Waals surface area contributed by atoms with Crippen LogP contribution in [-0.2, 0) is 9.59 Å². The highest BCUT2D eigenvalue weighted by Crippen LogP contribution is 2.38. The van der Waals surface area contributed by atoms with Crippen molar-refractivity contribution in [3.05, 3.63) is 64.9 Å². The van der Waals surface area contributed by atoms with E-state index >= 15 is 0 Å². The number of benzene rings is 1. The van der Waals surface area contributed by atoms with Crippen molar-refractivity contribution in [3.63, 3.8) is 0 Å². The Hall–Kier alpha value is -3.35. The first kappa shape index (κ1) is 15.2. The number of anilines is 1. The van der Waals surface area contributed by atoms with Gasteiger partial charge in [-0.1, -0.05) is 0 Å². The van der Waals surface area contributed by atoms with E-state index in [4.69, 9.17) is 8.83 Å². The number of nitrogens with zero attached hydrogens (tertiary/aromatic N) is 1. The van der Waals surface area contributed by atoms with Crippen LogP contribution in [0.3, 0.4) is 0 Å². The molecule has 0 aliphatic carbocycles. The lowest BCUT2D eigenvalue weighted by molar-refractivity contribution is -0.139. The van der Waals surface area contributed by atoms with E-state index in [2.05, 4.69) is 0 Å². The van der Waals surface area contributed by atoms with Gasteiger partial charge in [-0.3, -0.25) is 9.69 Å². The number of carbonyl (C=O) groups is 2. The standard InChI is InChI=1S/C18H13NO6/c20-15-9-12(14-2-1-7-24-14)17(18(22)23)19(15)11-4-5-13-10(8-11)3-6-16(21)25-13/h1-8,12,17H,9H2,(H,22,23)/t12-,17+/m0/s1. The number of furan rings is 1. The Labute approximate surface area is 141 Å². The van der Waals surface area contributed by atoms with Gasteiger partial charge >= 0.3 is 11.6 Å². The third kappa shape index (κ3) is 2.50. The van der Waals surface area contributed by atoms with Crippen molar-refractivity contribution in [1.29, 1.82) is 0 Å². The predicted molar refractivity (Wildman–Crippen MR) is 87.5 cm³/mol. The minimum Gasteiger partial charge on any atom is -0.480 e. The normalized spacial score (nSPS) is 20.3. The summed E-state index contributed by atoms with van der Waals surface area (Å²) in [5.41, 5.74) is 0.337. The summed E-state index contributed by atoms with van der Waals surface area (Å²) in [6.45, 7) is 0. The maximum absolute atomic E-state index is 12.5. The van der Waals surface area contributed by atoms with Crippen molar-refractivity contribution < 1.29 is 23.5 Å². The highest BCUT2D eigenvalue weighted by molar-refractivity contribution is 6.04. The molecule has 2 atom stereocenters. The zero-order valence-corrected chi connectivity index (χ0v) is 12.9. The van der Waals surface area contributed by atoms with E-state index in [1.54, 1.807) is 36.4 Å². The molecule has 2 aromatic heterocycles. The van der Waals surface area contributed by atoms with Gasteiger partial charge in [0.25, 0.3) is 0 Å². The lowest BCUT2D eigenvalue weighted by Gasteiger charge is -2.24. The second-order valence-corrected chi connectivity index (χ2v) is 5.85. The Kier molecular flexibility index (Phi) is 3.42. The summed E-state index contributed by atoms with van der Waals surface area (Å²) < 4.78 is 10.4. The number of amides is 1. The summed E-state index contributed by atoms with van der Waals surface area (Å²) in [7, 11) is 0. The third-order valence-electron chi connectivity index (χ3n) is 4.37. The molecule has 1 N–H and O–H groups in total. The fourth-order valence-electron chi connectivity index (χ4n) is 3.29. The van der Waals surface area contributed by atoms with E-state index < -0.39 is 23.6 Å². The molecule has 126 valence electrons. The predicted octanol–water partition coefficient (Wildman–Crippen LogP) is 2.36. The van der Waals surface area contributed by atoms with Gasteiger partial charge in [0.15, 0.2) is 0 Å². The van der Waals surface area contributed by atoms with Crippen molar-refractivity contribution in [3.8, 4) is 0 Å². The molecule has 0 radical (unpaired) electrons. The van der Waals surface area contributed by atoms with Crippen LogP contribution in [0.25, 0.3) is 11.0 Å². The van der Waals surface area contributed by atoms with Gasteiger partial charge in [-0.05, 0) is 36.4 Å². The Bertz CT molecular complexity index is 1020. The Balaban J connectivity index is 1.80. The highest BCUT2D eigenvalue weighted by atomic mass is 16.4. The number of carboxylic acid groups (broad SMARTS) is 1. The van der Waals surface area contributed by atoms with Crippen molar-refractivity contribution in [2.45, 2.75) is 18.4 Å². The van der Waals surface area contributed by atoms with Crippen molar-refractivity contribution in [2.75, 3.05) is 4.90 Å².